The average Bonchev–Trinajstić information content (AvgIpc) is 2.46. The summed E-state index contributed by atoms with van der Waals surface area (Å²) in [6.07, 6.45) is -0.887. The maximum Gasteiger partial charge on any atom is 0.407 e. The van der Waals surface area contributed by atoms with Crippen molar-refractivity contribution >= 4 is 11.8 Å². The number of hydrogen-bond donors (Lipinski definition) is 1. The standard InChI is InChI=1S/C17H25N3O4/c1-16(2,3)17(4)12-18(9-10-19(17)15(21)22)11-13-5-7-14(8-6-13)20(23)24/h5-8H,9-12H2,1-4H3,(H,21,22)/t17-/m1/s1. The summed E-state index contributed by atoms with van der Waals surface area (Å²) < 4.78 is 0. The van der Waals surface area contributed by atoms with Crippen LogP contribution in [0.2, 0.25) is 0 Å². The fourth-order valence-corrected chi connectivity index (χ4v) is 3.15. The van der Waals surface area contributed by atoms with Crippen molar-refractivity contribution < 1.29 is 14.8 Å². The number of hydrogen-bond acceptors (Lipinski definition) is 4. The van der Waals surface area contributed by atoms with E-state index in [1.54, 1.807) is 17.0 Å². The Bertz CT molecular complexity index is 624. The fraction of sp³-hybridized carbons (Fsp3) is 0.588. The first-order valence-corrected chi connectivity index (χ1v) is 8.01. The fourth-order valence-electron chi connectivity index (χ4n) is 3.15. The Kier molecular flexibility index (Phi) is 4.85. The van der Waals surface area contributed by atoms with Crippen LogP contribution in [-0.4, -0.2) is 51.1 Å². The predicted molar refractivity (Wildman–Crippen MR) is 91.0 cm³/mol. The van der Waals surface area contributed by atoms with Crippen molar-refractivity contribution in [1.82, 2.24) is 9.80 Å². The van der Waals surface area contributed by atoms with E-state index in [1.165, 1.54) is 12.1 Å². The molecule has 1 aromatic rings. The summed E-state index contributed by atoms with van der Waals surface area (Å²) in [5.74, 6) is 0. The quantitative estimate of drug-likeness (QED) is 0.677. The molecule has 0 saturated carbocycles. The Morgan fingerprint density at radius 1 is 1.29 bits per heavy atom. The van der Waals surface area contributed by atoms with Crippen molar-refractivity contribution in [2.75, 3.05) is 19.6 Å². The topological polar surface area (TPSA) is 86.9 Å². The summed E-state index contributed by atoms with van der Waals surface area (Å²) in [6.45, 7) is 10.5. The third kappa shape index (κ3) is 3.51. The van der Waals surface area contributed by atoms with E-state index < -0.39 is 16.6 Å². The Morgan fingerprint density at radius 2 is 1.88 bits per heavy atom. The number of benzene rings is 1. The van der Waals surface area contributed by atoms with Crippen LogP contribution >= 0.6 is 0 Å². The lowest BCUT2D eigenvalue weighted by Gasteiger charge is -2.54. The van der Waals surface area contributed by atoms with Gasteiger partial charge in [-0.05, 0) is 17.9 Å². The zero-order valence-corrected chi connectivity index (χ0v) is 14.7. The maximum absolute atomic E-state index is 11.6. The summed E-state index contributed by atoms with van der Waals surface area (Å²) >= 11 is 0. The molecule has 0 radical (unpaired) electrons. The van der Waals surface area contributed by atoms with Gasteiger partial charge < -0.3 is 5.11 Å². The van der Waals surface area contributed by atoms with Crippen LogP contribution in [-0.2, 0) is 6.54 Å². The number of nitro benzene ring substituents is 1. The van der Waals surface area contributed by atoms with E-state index in [2.05, 4.69) is 25.7 Å². The minimum Gasteiger partial charge on any atom is -0.465 e. The number of amides is 1. The van der Waals surface area contributed by atoms with Gasteiger partial charge in [0.05, 0.1) is 10.5 Å². The molecule has 1 atom stereocenters. The maximum atomic E-state index is 11.6. The molecule has 132 valence electrons. The molecule has 7 heteroatoms. The van der Waals surface area contributed by atoms with E-state index in [9.17, 15) is 20.0 Å². The molecule has 1 N–H and O–H groups in total. The number of carboxylic acid groups (broad SMARTS) is 1. The van der Waals surface area contributed by atoms with Gasteiger partial charge in [-0.15, -0.1) is 0 Å². The first kappa shape index (κ1) is 18.2. The molecule has 1 amide bonds. The number of non-ortho nitro benzene ring substituents is 1. The van der Waals surface area contributed by atoms with Crippen molar-refractivity contribution in [1.29, 1.82) is 0 Å². The highest BCUT2D eigenvalue weighted by molar-refractivity contribution is 5.66. The van der Waals surface area contributed by atoms with Gasteiger partial charge in [-0.25, -0.2) is 4.79 Å². The molecule has 7 nitrogen and oxygen atoms in total. The molecule has 24 heavy (non-hydrogen) atoms. The lowest BCUT2D eigenvalue weighted by atomic mass is 9.72. The Hall–Kier alpha value is -2.15. The number of nitrogens with zero attached hydrogens (tertiary/aromatic N) is 3. The molecule has 1 saturated heterocycles. The lowest BCUT2D eigenvalue weighted by molar-refractivity contribution is -0.384. The summed E-state index contributed by atoms with van der Waals surface area (Å²) in [7, 11) is 0. The van der Waals surface area contributed by atoms with Crippen molar-refractivity contribution in [3.8, 4) is 0 Å². The molecule has 0 aliphatic carbocycles. The third-order valence-corrected chi connectivity index (χ3v) is 5.17. The van der Waals surface area contributed by atoms with Gasteiger partial charge in [0.15, 0.2) is 0 Å². The first-order valence-electron chi connectivity index (χ1n) is 8.01. The van der Waals surface area contributed by atoms with Crippen molar-refractivity contribution in [2.45, 2.75) is 39.8 Å². The highest BCUT2D eigenvalue weighted by atomic mass is 16.6. The van der Waals surface area contributed by atoms with Crippen LogP contribution in [0.3, 0.4) is 0 Å². The van der Waals surface area contributed by atoms with E-state index in [4.69, 9.17) is 0 Å². The normalized spacial score (nSPS) is 22.4. The molecule has 1 aliphatic heterocycles. The molecule has 2 rings (SSSR count). The minimum absolute atomic E-state index is 0.0778. The summed E-state index contributed by atoms with van der Waals surface area (Å²) in [5.41, 5.74) is 0.354. The Morgan fingerprint density at radius 3 is 2.33 bits per heavy atom. The lowest BCUT2D eigenvalue weighted by Crippen LogP contribution is -2.67. The van der Waals surface area contributed by atoms with Crippen LogP contribution in [0.25, 0.3) is 0 Å². The number of carbonyl (C=O) groups is 1. The van der Waals surface area contributed by atoms with Crippen molar-refractivity contribution in [3.63, 3.8) is 0 Å². The molecular formula is C17H25N3O4. The molecule has 1 aromatic carbocycles. The van der Waals surface area contributed by atoms with Crippen LogP contribution < -0.4 is 0 Å². The van der Waals surface area contributed by atoms with Gasteiger partial charge in [0.25, 0.3) is 5.69 Å². The van der Waals surface area contributed by atoms with Gasteiger partial charge in [-0.2, -0.15) is 0 Å². The molecule has 0 unspecified atom stereocenters. The first-order chi connectivity index (χ1) is 11.0. The van der Waals surface area contributed by atoms with E-state index in [0.717, 1.165) is 5.56 Å². The van der Waals surface area contributed by atoms with E-state index in [0.29, 0.717) is 26.2 Å². The molecule has 0 aromatic heterocycles. The van der Waals surface area contributed by atoms with Crippen LogP contribution in [0.5, 0.6) is 0 Å². The molecular weight excluding hydrogens is 310 g/mol. The van der Waals surface area contributed by atoms with E-state index in [1.807, 2.05) is 6.92 Å². The Labute approximate surface area is 142 Å². The predicted octanol–water partition coefficient (Wildman–Crippen LogP) is 3.20. The summed E-state index contributed by atoms with van der Waals surface area (Å²) in [6, 6.07) is 6.53. The van der Waals surface area contributed by atoms with Gasteiger partial charge in [0.2, 0.25) is 0 Å². The van der Waals surface area contributed by atoms with Crippen LogP contribution in [0, 0.1) is 15.5 Å². The van der Waals surface area contributed by atoms with Gasteiger partial charge in [-0.3, -0.25) is 19.9 Å². The van der Waals surface area contributed by atoms with Crippen LogP contribution in [0.1, 0.15) is 33.3 Å². The summed E-state index contributed by atoms with van der Waals surface area (Å²) in [5, 5.41) is 20.3. The third-order valence-electron chi connectivity index (χ3n) is 5.17. The SMILES string of the molecule is CC(C)(C)[C@@]1(C)CN(Cc2ccc([N+](=O)[O-])cc2)CCN1C(=O)O. The van der Waals surface area contributed by atoms with Crippen LogP contribution in [0.4, 0.5) is 10.5 Å². The Balaban J connectivity index is 2.16. The smallest absolute Gasteiger partial charge is 0.407 e. The van der Waals surface area contributed by atoms with Gasteiger partial charge >= 0.3 is 6.09 Å². The minimum atomic E-state index is -0.887. The van der Waals surface area contributed by atoms with Crippen molar-refractivity contribution in [2.24, 2.45) is 5.41 Å². The van der Waals surface area contributed by atoms with E-state index >= 15 is 0 Å². The zero-order chi connectivity index (χ0) is 18.1. The number of piperazine rings is 1. The van der Waals surface area contributed by atoms with Crippen LogP contribution in [0.15, 0.2) is 24.3 Å². The molecule has 1 aliphatic rings. The molecule has 1 heterocycles. The second kappa shape index (κ2) is 6.39. The molecule has 0 bridgehead atoms. The monoisotopic (exact) mass is 335 g/mol. The van der Waals surface area contributed by atoms with Crippen molar-refractivity contribution in [3.05, 3.63) is 39.9 Å². The molecule has 1 fully saturated rings. The van der Waals surface area contributed by atoms with E-state index in [-0.39, 0.29) is 11.1 Å². The summed E-state index contributed by atoms with van der Waals surface area (Å²) in [4.78, 5) is 25.7. The second-order valence-corrected chi connectivity index (χ2v) is 7.59. The number of nitro groups is 1. The number of rotatable bonds is 3. The highest BCUT2D eigenvalue weighted by Gasteiger charge is 2.48. The van der Waals surface area contributed by atoms with Gasteiger partial charge in [0.1, 0.15) is 0 Å². The van der Waals surface area contributed by atoms with Gasteiger partial charge in [0, 0.05) is 38.3 Å². The second-order valence-electron chi connectivity index (χ2n) is 7.59. The highest BCUT2D eigenvalue weighted by Crippen LogP contribution is 2.38. The van der Waals surface area contributed by atoms with Gasteiger partial charge in [-0.1, -0.05) is 32.9 Å². The largest absolute Gasteiger partial charge is 0.465 e. The zero-order valence-electron chi connectivity index (χ0n) is 14.7. The molecule has 0 spiro atoms. The average molecular weight is 335 g/mol.